The maximum atomic E-state index is 8.59. The zero-order chi connectivity index (χ0) is 3.58. The van der Waals surface area contributed by atoms with Crippen molar-refractivity contribution in [3.8, 4) is 0 Å². The Labute approximate surface area is 32.8 Å². The molecule has 5 heavy (non-hydrogen) atoms. The minimum absolute atomic E-state index is 0. The van der Waals surface area contributed by atoms with Crippen LogP contribution >= 0.6 is 0 Å². The first-order valence-electron chi connectivity index (χ1n) is 0.500. The fourth-order valence-electron chi connectivity index (χ4n) is 0. The third-order valence-corrected chi connectivity index (χ3v) is 0. The Balaban J connectivity index is 0. The van der Waals surface area contributed by atoms with Gasteiger partial charge in [0, 0.05) is 4.70 Å². The molecule has 0 amide bonds. The topological polar surface area (TPSA) is 51.2 Å². The summed E-state index contributed by atoms with van der Waals surface area (Å²) in [7, 11) is 0. The van der Waals surface area contributed by atoms with Crippen LogP contribution in [0.2, 0.25) is 0 Å². The van der Waals surface area contributed by atoms with E-state index in [1.165, 1.54) is 0 Å². The van der Waals surface area contributed by atoms with Crippen LogP contribution in [0.25, 0.3) is 0 Å². The van der Waals surface area contributed by atoms with Crippen LogP contribution in [-0.2, 0) is 27.4 Å². The molecule has 0 N–H and O–H groups in total. The van der Waals surface area contributed by atoms with Gasteiger partial charge in [0.1, 0.15) is 0 Å². The second-order valence-corrected chi connectivity index (χ2v) is 1.21. The molecule has 0 saturated carbocycles. The fraction of sp³-hybridized carbons (Fsp3) is 0. The van der Waals surface area contributed by atoms with Gasteiger partial charge in [-0.05, 0) is 0 Å². The van der Waals surface area contributed by atoms with Gasteiger partial charge in [-0.2, -0.15) is 0 Å². The summed E-state index contributed by atoms with van der Waals surface area (Å²) in [6.07, 6.45) is 0. The first kappa shape index (κ1) is 8.89. The molecule has 0 heterocycles. The molecule has 0 aromatic rings. The SMILES string of the molecule is [F].[O]=[Mo](=[O])=[O]. The number of rotatable bonds is 0. The van der Waals surface area contributed by atoms with Crippen LogP contribution in [0.3, 0.4) is 0 Å². The van der Waals surface area contributed by atoms with E-state index in [1.54, 1.807) is 0 Å². The Bertz CT molecular complexity index is 76.3. The average molecular weight is 163 g/mol. The third-order valence-electron chi connectivity index (χ3n) is 0. The van der Waals surface area contributed by atoms with Gasteiger partial charge in [-0.15, -0.1) is 0 Å². The molecule has 3 nitrogen and oxygen atoms in total. The average Bonchev–Trinajstić information content (AvgIpc) is 0.811. The van der Waals surface area contributed by atoms with E-state index in [0.717, 1.165) is 0 Å². The summed E-state index contributed by atoms with van der Waals surface area (Å²) in [6.45, 7) is 0. The predicted molar refractivity (Wildman–Crippen MR) is 3.17 cm³/mol. The number of hydrogen-bond acceptors (Lipinski definition) is 3. The molecule has 5 heteroatoms. The molecule has 0 unspecified atom stereocenters. The molecule has 0 saturated heterocycles. The van der Waals surface area contributed by atoms with Crippen LogP contribution in [0.15, 0.2) is 0 Å². The molecule has 1 radical (unpaired) electrons. The molecule has 0 aliphatic carbocycles. The van der Waals surface area contributed by atoms with Gasteiger partial charge in [-0.25, -0.2) is 0 Å². The van der Waals surface area contributed by atoms with Gasteiger partial charge >= 0.3 is 27.4 Å². The van der Waals surface area contributed by atoms with E-state index in [1.807, 2.05) is 0 Å². The molecule has 0 spiro atoms. The molecule has 0 aromatic carbocycles. The summed E-state index contributed by atoms with van der Waals surface area (Å²) < 4.78 is 25.8. The van der Waals surface area contributed by atoms with Crippen molar-refractivity contribution in [3.63, 3.8) is 0 Å². The molecule has 31 valence electrons. The van der Waals surface area contributed by atoms with Crippen molar-refractivity contribution in [3.05, 3.63) is 0 Å². The Morgan fingerprint density at radius 2 is 1.00 bits per heavy atom. The fourth-order valence-corrected chi connectivity index (χ4v) is 0. The summed E-state index contributed by atoms with van der Waals surface area (Å²) in [5.41, 5.74) is 0. The van der Waals surface area contributed by atoms with Gasteiger partial charge in [0.25, 0.3) is 0 Å². The Kier molecular flexibility index (Phi) is 7.15. The van der Waals surface area contributed by atoms with Crippen molar-refractivity contribution in [1.82, 2.24) is 0 Å². The van der Waals surface area contributed by atoms with E-state index in [4.69, 9.17) is 10.2 Å². The normalized spacial score (nSPS) is 4.80. The van der Waals surface area contributed by atoms with Crippen molar-refractivity contribution >= 4 is 0 Å². The summed E-state index contributed by atoms with van der Waals surface area (Å²) in [5.74, 6) is 0. The van der Waals surface area contributed by atoms with E-state index in [9.17, 15) is 0 Å². The maximum absolute atomic E-state index is 8.59. The van der Waals surface area contributed by atoms with Crippen LogP contribution in [0.4, 0.5) is 4.70 Å². The summed E-state index contributed by atoms with van der Waals surface area (Å²) in [6, 6.07) is 0. The first-order chi connectivity index (χ1) is 1.73. The molecule has 0 rings (SSSR count). The number of halogens is 1. The van der Waals surface area contributed by atoms with Gasteiger partial charge in [0.15, 0.2) is 0 Å². The van der Waals surface area contributed by atoms with Gasteiger partial charge in [-0.1, -0.05) is 0 Å². The molecule has 0 bridgehead atoms. The Morgan fingerprint density at radius 1 is 1.00 bits per heavy atom. The summed E-state index contributed by atoms with van der Waals surface area (Å²) in [4.78, 5) is 0. The molecule has 0 aliphatic heterocycles. The summed E-state index contributed by atoms with van der Waals surface area (Å²) >= 11 is -4.11. The molecule has 0 atom stereocenters. The van der Waals surface area contributed by atoms with Gasteiger partial charge in [-0.3, -0.25) is 0 Å². The van der Waals surface area contributed by atoms with Crippen LogP contribution in [0.1, 0.15) is 0 Å². The van der Waals surface area contributed by atoms with Crippen molar-refractivity contribution in [1.29, 1.82) is 0 Å². The second-order valence-electron chi connectivity index (χ2n) is 0.204. The van der Waals surface area contributed by atoms with E-state index in [-0.39, 0.29) is 4.70 Å². The first-order valence-corrected chi connectivity index (χ1v) is 2.96. The van der Waals surface area contributed by atoms with E-state index in [2.05, 4.69) is 0 Å². The van der Waals surface area contributed by atoms with Gasteiger partial charge in [0.05, 0.1) is 0 Å². The molecular weight excluding hydrogens is 163 g/mol. The van der Waals surface area contributed by atoms with Crippen molar-refractivity contribution in [2.75, 3.05) is 0 Å². The van der Waals surface area contributed by atoms with Crippen LogP contribution < -0.4 is 0 Å². The second kappa shape index (κ2) is 4.02. The predicted octanol–water partition coefficient (Wildman–Crippen LogP) is 0.0613. The van der Waals surface area contributed by atoms with Crippen molar-refractivity contribution < 1.29 is 32.1 Å². The zero-order valence-corrected chi connectivity index (χ0v) is 4.02. The number of hydrogen-bond donors (Lipinski definition) is 0. The van der Waals surface area contributed by atoms with Gasteiger partial charge < -0.3 is 0 Å². The van der Waals surface area contributed by atoms with Crippen LogP contribution in [0, 0.1) is 0 Å². The summed E-state index contributed by atoms with van der Waals surface area (Å²) in [5, 5.41) is 0. The van der Waals surface area contributed by atoms with Crippen LogP contribution in [-0.4, -0.2) is 0 Å². The molecule has 0 aromatic heterocycles. The van der Waals surface area contributed by atoms with Gasteiger partial charge in [0.2, 0.25) is 0 Å². The quantitative estimate of drug-likeness (QED) is 0.474. The van der Waals surface area contributed by atoms with Crippen molar-refractivity contribution in [2.24, 2.45) is 0 Å². The van der Waals surface area contributed by atoms with E-state index in [0.29, 0.717) is 0 Å². The minimum atomic E-state index is -4.11. The Morgan fingerprint density at radius 3 is 1.00 bits per heavy atom. The van der Waals surface area contributed by atoms with E-state index >= 15 is 0 Å². The van der Waals surface area contributed by atoms with E-state index < -0.39 is 17.2 Å². The van der Waals surface area contributed by atoms with Crippen LogP contribution in [0.5, 0.6) is 0 Å². The monoisotopic (exact) mass is 165 g/mol. The third kappa shape index (κ3) is 48800. The molecular formula is FMoO3. The standard InChI is InChI=1S/F.Mo.3O. The van der Waals surface area contributed by atoms with Crippen molar-refractivity contribution in [2.45, 2.75) is 0 Å². The Hall–Kier alpha value is 0.0183. The molecule has 0 fully saturated rings. The zero-order valence-electron chi connectivity index (χ0n) is 2.01. The molecule has 0 aliphatic rings.